The molecule has 1 fully saturated rings. The van der Waals surface area contributed by atoms with Crippen LogP contribution in [0.1, 0.15) is 12.8 Å². The Kier molecular flexibility index (Phi) is 3.41. The first-order chi connectivity index (χ1) is 9.70. The molecule has 0 spiro atoms. The van der Waals surface area contributed by atoms with Crippen LogP contribution in [0.25, 0.3) is 11.1 Å². The smallest absolute Gasteiger partial charge is 0.258 e. The fourth-order valence-electron chi connectivity index (χ4n) is 1.96. The third-order valence-electron chi connectivity index (χ3n) is 3.20. The van der Waals surface area contributed by atoms with E-state index in [9.17, 15) is 4.79 Å². The van der Waals surface area contributed by atoms with Gasteiger partial charge in [0.05, 0.1) is 6.20 Å². The van der Waals surface area contributed by atoms with Crippen LogP contribution >= 0.6 is 0 Å². The van der Waals surface area contributed by atoms with Gasteiger partial charge in [-0.2, -0.15) is 5.10 Å². The van der Waals surface area contributed by atoms with Crippen LogP contribution in [0.15, 0.2) is 36.7 Å². The lowest BCUT2D eigenvalue weighted by Gasteiger charge is -2.07. The van der Waals surface area contributed by atoms with Gasteiger partial charge in [-0.3, -0.25) is 9.48 Å². The fraction of sp³-hybridized carbons (Fsp3) is 0.333. The molecule has 20 heavy (non-hydrogen) atoms. The van der Waals surface area contributed by atoms with Crippen molar-refractivity contribution in [2.45, 2.75) is 18.9 Å². The number of hydrogen-bond donors (Lipinski definition) is 1. The molecular formula is C15H17N3O2. The van der Waals surface area contributed by atoms with Gasteiger partial charge in [-0.1, -0.05) is 12.1 Å². The van der Waals surface area contributed by atoms with Gasteiger partial charge in [0.2, 0.25) is 0 Å². The summed E-state index contributed by atoms with van der Waals surface area (Å²) in [6.45, 7) is 0.0722. The molecule has 1 aromatic carbocycles. The maximum Gasteiger partial charge on any atom is 0.258 e. The van der Waals surface area contributed by atoms with Crippen molar-refractivity contribution < 1.29 is 9.53 Å². The van der Waals surface area contributed by atoms with Crippen molar-refractivity contribution >= 4 is 5.91 Å². The Hall–Kier alpha value is -2.30. The normalized spacial score (nSPS) is 14.1. The highest BCUT2D eigenvalue weighted by Gasteiger charge is 2.23. The number of rotatable bonds is 5. The molecule has 5 nitrogen and oxygen atoms in total. The predicted molar refractivity (Wildman–Crippen MR) is 75.3 cm³/mol. The molecule has 1 aliphatic carbocycles. The van der Waals surface area contributed by atoms with Crippen LogP contribution in [-0.4, -0.2) is 28.3 Å². The molecule has 1 saturated carbocycles. The fourth-order valence-corrected chi connectivity index (χ4v) is 1.96. The molecule has 2 aromatic rings. The second-order valence-corrected chi connectivity index (χ2v) is 5.06. The van der Waals surface area contributed by atoms with Crippen LogP contribution < -0.4 is 10.1 Å². The molecule has 1 aromatic heterocycles. The lowest BCUT2D eigenvalue weighted by atomic mass is 10.1. The molecule has 0 bridgehead atoms. The van der Waals surface area contributed by atoms with Crippen LogP contribution in [0.3, 0.4) is 0 Å². The number of amides is 1. The number of ether oxygens (including phenoxy) is 1. The number of aryl methyl sites for hydroxylation is 1. The molecular weight excluding hydrogens is 254 g/mol. The summed E-state index contributed by atoms with van der Waals surface area (Å²) < 4.78 is 7.23. The zero-order valence-corrected chi connectivity index (χ0v) is 11.4. The quantitative estimate of drug-likeness (QED) is 0.901. The number of aromatic nitrogens is 2. The molecule has 5 heteroatoms. The third-order valence-corrected chi connectivity index (χ3v) is 3.20. The second-order valence-electron chi connectivity index (χ2n) is 5.06. The third kappa shape index (κ3) is 3.17. The number of benzene rings is 1. The van der Waals surface area contributed by atoms with Crippen molar-refractivity contribution in [3.05, 3.63) is 36.7 Å². The molecule has 1 amide bonds. The van der Waals surface area contributed by atoms with Crippen molar-refractivity contribution in [2.75, 3.05) is 6.61 Å². The van der Waals surface area contributed by atoms with Crippen molar-refractivity contribution in [1.82, 2.24) is 15.1 Å². The first-order valence-corrected chi connectivity index (χ1v) is 6.72. The molecule has 1 N–H and O–H groups in total. The Bertz CT molecular complexity index is 600. The summed E-state index contributed by atoms with van der Waals surface area (Å²) in [6.07, 6.45) is 5.95. The lowest BCUT2D eigenvalue weighted by molar-refractivity contribution is -0.123. The van der Waals surface area contributed by atoms with E-state index in [-0.39, 0.29) is 12.5 Å². The largest absolute Gasteiger partial charge is 0.484 e. The van der Waals surface area contributed by atoms with E-state index < -0.39 is 0 Å². The average molecular weight is 271 g/mol. The molecule has 3 rings (SSSR count). The van der Waals surface area contributed by atoms with Gasteiger partial charge in [-0.05, 0) is 30.5 Å². The number of carbonyl (C=O) groups excluding carboxylic acids is 1. The van der Waals surface area contributed by atoms with Crippen molar-refractivity contribution in [3.8, 4) is 16.9 Å². The highest BCUT2D eigenvalue weighted by Crippen LogP contribution is 2.22. The van der Waals surface area contributed by atoms with E-state index in [1.54, 1.807) is 4.68 Å². The Labute approximate surface area is 117 Å². The van der Waals surface area contributed by atoms with E-state index in [1.807, 2.05) is 43.7 Å². The number of hydrogen-bond acceptors (Lipinski definition) is 3. The predicted octanol–water partition coefficient (Wildman–Crippen LogP) is 1.74. The number of nitrogens with zero attached hydrogens (tertiary/aromatic N) is 2. The Morgan fingerprint density at radius 3 is 2.70 bits per heavy atom. The van der Waals surface area contributed by atoms with Crippen molar-refractivity contribution in [2.24, 2.45) is 7.05 Å². The zero-order valence-electron chi connectivity index (χ0n) is 11.4. The molecule has 0 radical (unpaired) electrons. The van der Waals surface area contributed by atoms with E-state index in [0.29, 0.717) is 11.8 Å². The minimum Gasteiger partial charge on any atom is -0.484 e. The van der Waals surface area contributed by atoms with Crippen molar-refractivity contribution in [1.29, 1.82) is 0 Å². The van der Waals surface area contributed by atoms with E-state index in [2.05, 4.69) is 10.4 Å². The maximum absolute atomic E-state index is 11.5. The Balaban J connectivity index is 1.56. The van der Waals surface area contributed by atoms with Crippen LogP contribution in [0, 0.1) is 0 Å². The van der Waals surface area contributed by atoms with Gasteiger partial charge in [0.25, 0.3) is 5.91 Å². The average Bonchev–Trinajstić information content (AvgIpc) is 3.16. The summed E-state index contributed by atoms with van der Waals surface area (Å²) in [5.74, 6) is 0.646. The number of carbonyl (C=O) groups is 1. The minimum absolute atomic E-state index is 0.0520. The van der Waals surface area contributed by atoms with Gasteiger partial charge < -0.3 is 10.1 Å². The highest BCUT2D eigenvalue weighted by molar-refractivity contribution is 5.78. The lowest BCUT2D eigenvalue weighted by Crippen LogP contribution is -2.30. The molecule has 1 heterocycles. The second kappa shape index (κ2) is 5.36. The van der Waals surface area contributed by atoms with Crippen LogP contribution in [0.5, 0.6) is 5.75 Å². The molecule has 0 atom stereocenters. The van der Waals surface area contributed by atoms with Gasteiger partial charge in [-0.25, -0.2) is 0 Å². The standard InChI is InChI=1S/C15H17N3O2/c1-18-9-12(8-16-18)11-2-6-14(7-3-11)20-10-15(19)17-13-4-5-13/h2-3,6-9,13H,4-5,10H2,1H3,(H,17,19). The van der Waals surface area contributed by atoms with E-state index >= 15 is 0 Å². The SMILES string of the molecule is Cn1cc(-c2ccc(OCC(=O)NC3CC3)cc2)cn1. The van der Waals surface area contributed by atoms with Gasteiger partial charge in [0, 0.05) is 24.8 Å². The van der Waals surface area contributed by atoms with E-state index in [4.69, 9.17) is 4.74 Å². The van der Waals surface area contributed by atoms with Crippen LogP contribution in [-0.2, 0) is 11.8 Å². The summed E-state index contributed by atoms with van der Waals surface area (Å²) in [7, 11) is 1.89. The summed E-state index contributed by atoms with van der Waals surface area (Å²) in [6, 6.07) is 8.04. The maximum atomic E-state index is 11.5. The Morgan fingerprint density at radius 1 is 1.35 bits per heavy atom. The topological polar surface area (TPSA) is 56.1 Å². The van der Waals surface area contributed by atoms with Crippen LogP contribution in [0.4, 0.5) is 0 Å². The summed E-state index contributed by atoms with van der Waals surface area (Å²) in [5.41, 5.74) is 2.14. The van der Waals surface area contributed by atoms with Gasteiger partial charge >= 0.3 is 0 Å². The van der Waals surface area contributed by atoms with E-state index in [1.165, 1.54) is 0 Å². The summed E-state index contributed by atoms with van der Waals surface area (Å²) in [4.78, 5) is 11.5. The zero-order chi connectivity index (χ0) is 13.9. The molecule has 0 unspecified atom stereocenters. The van der Waals surface area contributed by atoms with Crippen molar-refractivity contribution in [3.63, 3.8) is 0 Å². The monoisotopic (exact) mass is 271 g/mol. The molecule has 1 aliphatic rings. The first kappa shape index (κ1) is 12.7. The minimum atomic E-state index is -0.0520. The molecule has 0 aliphatic heterocycles. The van der Waals surface area contributed by atoms with Gasteiger partial charge in [-0.15, -0.1) is 0 Å². The van der Waals surface area contributed by atoms with Gasteiger partial charge in [0.1, 0.15) is 5.75 Å². The molecule has 104 valence electrons. The van der Waals surface area contributed by atoms with Gasteiger partial charge in [0.15, 0.2) is 6.61 Å². The van der Waals surface area contributed by atoms with E-state index in [0.717, 1.165) is 24.0 Å². The summed E-state index contributed by atoms with van der Waals surface area (Å²) >= 11 is 0. The summed E-state index contributed by atoms with van der Waals surface area (Å²) in [5, 5.41) is 7.03. The first-order valence-electron chi connectivity index (χ1n) is 6.72. The van der Waals surface area contributed by atoms with Crippen LogP contribution in [0.2, 0.25) is 0 Å². The Morgan fingerprint density at radius 2 is 2.10 bits per heavy atom. The number of nitrogens with one attached hydrogen (secondary N) is 1. The highest BCUT2D eigenvalue weighted by atomic mass is 16.5. The molecule has 0 saturated heterocycles.